The number of ether oxygens (including phenoxy) is 3. The first-order chi connectivity index (χ1) is 18.1. The molecule has 0 heterocycles. The van der Waals surface area contributed by atoms with Crippen LogP contribution in [0.3, 0.4) is 0 Å². The van der Waals surface area contributed by atoms with E-state index in [1.807, 2.05) is 91.0 Å². The van der Waals surface area contributed by atoms with E-state index in [1.54, 1.807) is 25.1 Å². The van der Waals surface area contributed by atoms with Crippen molar-refractivity contribution >= 4 is 6.09 Å². The highest BCUT2D eigenvalue weighted by Gasteiger charge is 2.21. The van der Waals surface area contributed by atoms with E-state index in [0.29, 0.717) is 30.3 Å². The fraction of sp³-hybridized carbons (Fsp3) is 0.194. The van der Waals surface area contributed by atoms with E-state index < -0.39 is 18.2 Å². The van der Waals surface area contributed by atoms with Gasteiger partial charge in [-0.1, -0.05) is 97.1 Å². The predicted octanol–water partition coefficient (Wildman–Crippen LogP) is 6.19. The average molecular weight is 498 g/mol. The second-order valence-electron chi connectivity index (χ2n) is 8.69. The van der Waals surface area contributed by atoms with Crippen LogP contribution in [0.25, 0.3) is 0 Å². The molecule has 0 aliphatic rings. The van der Waals surface area contributed by atoms with Gasteiger partial charge in [0, 0.05) is 0 Å². The van der Waals surface area contributed by atoms with Crippen molar-refractivity contribution in [1.29, 1.82) is 0 Å². The number of benzene rings is 4. The van der Waals surface area contributed by atoms with Gasteiger partial charge in [-0.2, -0.15) is 0 Å². The molecule has 0 unspecified atom stereocenters. The Labute approximate surface area is 217 Å². The van der Waals surface area contributed by atoms with E-state index >= 15 is 0 Å². The summed E-state index contributed by atoms with van der Waals surface area (Å²) in [6, 6.07) is 33.8. The standard InChI is InChI=1S/C31H31NO5/c1-23(32-31(34)37-22-26-15-9-4-10-16-26)30(33)27-17-18-28(35-20-24-11-5-2-6-12-24)29(19-27)36-21-25-13-7-3-8-14-25/h2-19,23,30,33H,20-22H2,1H3,(H,32,34)/t23-,30-/m0/s1. The normalized spacial score (nSPS) is 12.3. The maximum absolute atomic E-state index is 12.3. The largest absolute Gasteiger partial charge is 0.485 e. The van der Waals surface area contributed by atoms with Crippen LogP contribution in [0.15, 0.2) is 109 Å². The smallest absolute Gasteiger partial charge is 0.407 e. The van der Waals surface area contributed by atoms with Crippen LogP contribution in [-0.4, -0.2) is 17.2 Å². The van der Waals surface area contributed by atoms with Crippen LogP contribution in [0.4, 0.5) is 4.79 Å². The van der Waals surface area contributed by atoms with Crippen LogP contribution in [-0.2, 0) is 24.6 Å². The zero-order valence-corrected chi connectivity index (χ0v) is 20.7. The minimum atomic E-state index is -0.980. The third kappa shape index (κ3) is 7.85. The van der Waals surface area contributed by atoms with Gasteiger partial charge in [-0.3, -0.25) is 0 Å². The van der Waals surface area contributed by atoms with Gasteiger partial charge in [-0.15, -0.1) is 0 Å². The van der Waals surface area contributed by atoms with Gasteiger partial charge in [0.1, 0.15) is 19.8 Å². The molecular weight excluding hydrogens is 466 g/mol. The van der Waals surface area contributed by atoms with E-state index in [2.05, 4.69) is 5.32 Å². The summed E-state index contributed by atoms with van der Waals surface area (Å²) in [4.78, 5) is 12.3. The van der Waals surface area contributed by atoms with E-state index in [1.165, 1.54) is 0 Å². The molecule has 4 rings (SSSR count). The summed E-state index contributed by atoms with van der Waals surface area (Å²) in [7, 11) is 0. The van der Waals surface area contributed by atoms with Gasteiger partial charge < -0.3 is 24.6 Å². The molecule has 0 spiro atoms. The first-order valence-electron chi connectivity index (χ1n) is 12.2. The number of hydrogen-bond acceptors (Lipinski definition) is 5. The molecule has 0 saturated carbocycles. The SMILES string of the molecule is C[C@H](NC(=O)OCc1ccccc1)[C@H](O)c1ccc(OCc2ccccc2)c(OCc2ccccc2)c1. The zero-order valence-electron chi connectivity index (χ0n) is 20.7. The third-order valence-corrected chi connectivity index (χ3v) is 5.82. The molecule has 37 heavy (non-hydrogen) atoms. The number of hydrogen-bond donors (Lipinski definition) is 2. The first kappa shape index (κ1) is 25.8. The van der Waals surface area contributed by atoms with Crippen LogP contribution >= 0.6 is 0 Å². The topological polar surface area (TPSA) is 77.0 Å². The minimum absolute atomic E-state index is 0.153. The molecular formula is C31H31NO5. The van der Waals surface area contributed by atoms with Crippen molar-refractivity contribution in [2.75, 3.05) is 0 Å². The monoisotopic (exact) mass is 497 g/mol. The van der Waals surface area contributed by atoms with Crippen molar-refractivity contribution in [3.05, 3.63) is 131 Å². The molecule has 0 fully saturated rings. The predicted molar refractivity (Wildman–Crippen MR) is 142 cm³/mol. The van der Waals surface area contributed by atoms with Crippen molar-refractivity contribution in [3.8, 4) is 11.5 Å². The Hall–Kier alpha value is -4.29. The summed E-state index contributed by atoms with van der Waals surface area (Å²) in [5, 5.41) is 13.7. The zero-order chi connectivity index (χ0) is 25.9. The average Bonchev–Trinajstić information content (AvgIpc) is 2.95. The fourth-order valence-corrected chi connectivity index (χ4v) is 3.73. The van der Waals surface area contributed by atoms with E-state index in [4.69, 9.17) is 14.2 Å². The fourth-order valence-electron chi connectivity index (χ4n) is 3.73. The van der Waals surface area contributed by atoms with Gasteiger partial charge in [0.25, 0.3) is 0 Å². The highest BCUT2D eigenvalue weighted by Crippen LogP contribution is 2.33. The molecule has 0 bridgehead atoms. The van der Waals surface area contributed by atoms with E-state index in [0.717, 1.165) is 16.7 Å². The molecule has 6 heteroatoms. The number of carbonyl (C=O) groups excluding carboxylic acids is 1. The summed E-state index contributed by atoms with van der Waals surface area (Å²) >= 11 is 0. The third-order valence-electron chi connectivity index (χ3n) is 5.82. The molecule has 4 aromatic rings. The molecule has 0 radical (unpaired) electrons. The Morgan fingerprint density at radius 1 is 0.703 bits per heavy atom. The minimum Gasteiger partial charge on any atom is -0.485 e. The van der Waals surface area contributed by atoms with Gasteiger partial charge >= 0.3 is 6.09 Å². The van der Waals surface area contributed by atoms with Crippen LogP contribution < -0.4 is 14.8 Å². The number of aliphatic hydroxyl groups excluding tert-OH is 1. The second kappa shape index (κ2) is 13.1. The molecule has 2 atom stereocenters. The van der Waals surface area contributed by atoms with Crippen LogP contribution in [0.1, 0.15) is 35.3 Å². The highest BCUT2D eigenvalue weighted by molar-refractivity contribution is 5.67. The van der Waals surface area contributed by atoms with E-state index in [-0.39, 0.29) is 6.61 Å². The summed E-state index contributed by atoms with van der Waals surface area (Å²) in [5.74, 6) is 1.08. The molecule has 0 saturated heterocycles. The Balaban J connectivity index is 1.42. The van der Waals surface area contributed by atoms with Gasteiger partial charge in [-0.25, -0.2) is 4.79 Å². The van der Waals surface area contributed by atoms with Crippen LogP contribution in [0, 0.1) is 0 Å². The number of aliphatic hydroxyl groups is 1. The molecule has 2 N–H and O–H groups in total. The summed E-state index contributed by atoms with van der Waals surface area (Å²) in [5.41, 5.74) is 3.52. The number of rotatable bonds is 11. The maximum atomic E-state index is 12.3. The molecule has 6 nitrogen and oxygen atoms in total. The molecule has 0 aromatic heterocycles. The van der Waals surface area contributed by atoms with Gasteiger partial charge in [0.05, 0.1) is 12.1 Å². The van der Waals surface area contributed by atoms with Crippen LogP contribution in [0.5, 0.6) is 11.5 Å². The Morgan fingerprint density at radius 3 is 1.73 bits per heavy atom. The summed E-state index contributed by atoms with van der Waals surface area (Å²) in [6.07, 6.45) is -1.58. The lowest BCUT2D eigenvalue weighted by Crippen LogP contribution is -2.37. The van der Waals surface area contributed by atoms with Gasteiger partial charge in [0.2, 0.25) is 0 Å². The molecule has 0 aliphatic carbocycles. The molecule has 190 valence electrons. The number of alkyl carbamates (subject to hydrolysis) is 1. The van der Waals surface area contributed by atoms with Gasteiger partial charge in [0.15, 0.2) is 11.5 Å². The van der Waals surface area contributed by atoms with Crippen molar-refractivity contribution in [1.82, 2.24) is 5.32 Å². The van der Waals surface area contributed by atoms with Crippen molar-refractivity contribution in [2.24, 2.45) is 0 Å². The van der Waals surface area contributed by atoms with Crippen LogP contribution in [0.2, 0.25) is 0 Å². The lowest BCUT2D eigenvalue weighted by molar-refractivity contribution is 0.106. The molecule has 0 aliphatic heterocycles. The van der Waals surface area contributed by atoms with Crippen molar-refractivity contribution in [3.63, 3.8) is 0 Å². The number of amides is 1. The summed E-state index contributed by atoms with van der Waals surface area (Å²) in [6.45, 7) is 2.61. The summed E-state index contributed by atoms with van der Waals surface area (Å²) < 4.78 is 17.4. The van der Waals surface area contributed by atoms with Crippen molar-refractivity contribution < 1.29 is 24.1 Å². The lowest BCUT2D eigenvalue weighted by atomic mass is 10.0. The Morgan fingerprint density at radius 2 is 1.19 bits per heavy atom. The van der Waals surface area contributed by atoms with E-state index in [9.17, 15) is 9.90 Å². The molecule has 4 aromatic carbocycles. The highest BCUT2D eigenvalue weighted by atomic mass is 16.5. The maximum Gasteiger partial charge on any atom is 0.407 e. The number of carbonyl (C=O) groups is 1. The van der Waals surface area contributed by atoms with Crippen molar-refractivity contribution in [2.45, 2.75) is 38.9 Å². The quantitative estimate of drug-likeness (QED) is 0.258. The lowest BCUT2D eigenvalue weighted by Gasteiger charge is -2.22. The number of nitrogens with one attached hydrogen (secondary N) is 1. The van der Waals surface area contributed by atoms with Gasteiger partial charge in [-0.05, 0) is 41.3 Å². The Bertz CT molecular complexity index is 1250. The molecule has 1 amide bonds. The Kier molecular flexibility index (Phi) is 9.16. The first-order valence-corrected chi connectivity index (χ1v) is 12.2. The second-order valence-corrected chi connectivity index (χ2v) is 8.69.